The molecule has 0 fully saturated rings. The Labute approximate surface area is 104 Å². The van der Waals surface area contributed by atoms with Crippen LogP contribution in [0.3, 0.4) is 0 Å². The molecule has 0 saturated heterocycles. The number of aryl methyl sites for hydroxylation is 1. The highest BCUT2D eigenvalue weighted by molar-refractivity contribution is 7.99. The third-order valence-electron chi connectivity index (χ3n) is 2.66. The monoisotopic (exact) mass is 237 g/mol. The first kappa shape index (κ1) is 13.6. The highest BCUT2D eigenvalue weighted by Gasteiger charge is 2.07. The molecule has 1 nitrogen and oxygen atoms in total. The molecule has 1 N–H and O–H groups in total. The predicted octanol–water partition coefficient (Wildman–Crippen LogP) is 3.35. The van der Waals surface area contributed by atoms with Crippen LogP contribution in [0.4, 0.5) is 0 Å². The zero-order valence-electron chi connectivity index (χ0n) is 10.6. The van der Waals surface area contributed by atoms with Crippen LogP contribution in [0, 0.1) is 0 Å². The van der Waals surface area contributed by atoms with Crippen molar-refractivity contribution in [1.82, 2.24) is 5.32 Å². The molecule has 2 heteroatoms. The first-order valence-corrected chi connectivity index (χ1v) is 7.10. The van der Waals surface area contributed by atoms with Gasteiger partial charge in [0.1, 0.15) is 0 Å². The van der Waals surface area contributed by atoms with Gasteiger partial charge < -0.3 is 5.32 Å². The summed E-state index contributed by atoms with van der Waals surface area (Å²) >= 11 is 2.04. The van der Waals surface area contributed by atoms with E-state index in [2.05, 4.69) is 56.5 Å². The number of rotatable bonds is 7. The molecule has 0 radical (unpaired) electrons. The summed E-state index contributed by atoms with van der Waals surface area (Å²) in [6, 6.07) is 11.4. The van der Waals surface area contributed by atoms with E-state index in [4.69, 9.17) is 0 Å². The van der Waals surface area contributed by atoms with E-state index < -0.39 is 0 Å². The number of nitrogens with one attached hydrogen (secondary N) is 1. The van der Waals surface area contributed by atoms with Crippen LogP contribution in [0.2, 0.25) is 0 Å². The summed E-state index contributed by atoms with van der Waals surface area (Å²) in [7, 11) is 2.07. The Morgan fingerprint density at radius 1 is 1.19 bits per heavy atom. The summed E-state index contributed by atoms with van der Waals surface area (Å²) in [4.78, 5) is 0. The predicted molar refractivity (Wildman–Crippen MR) is 75.2 cm³/mol. The third-order valence-corrected chi connectivity index (χ3v) is 3.92. The van der Waals surface area contributed by atoms with Crippen LogP contribution in [0.5, 0.6) is 0 Å². The lowest BCUT2D eigenvalue weighted by atomic mass is 10.1. The number of hydrogen-bond acceptors (Lipinski definition) is 2. The van der Waals surface area contributed by atoms with Crippen LogP contribution in [0.15, 0.2) is 30.3 Å². The van der Waals surface area contributed by atoms with Crippen molar-refractivity contribution in [2.75, 3.05) is 12.8 Å². The Morgan fingerprint density at radius 2 is 1.88 bits per heavy atom. The quantitative estimate of drug-likeness (QED) is 0.780. The third kappa shape index (κ3) is 5.57. The first-order valence-electron chi connectivity index (χ1n) is 6.05. The van der Waals surface area contributed by atoms with Gasteiger partial charge in [0.25, 0.3) is 0 Å². The minimum atomic E-state index is 0.632. The highest BCUT2D eigenvalue weighted by atomic mass is 32.2. The average Bonchev–Trinajstić information content (AvgIpc) is 2.30. The summed E-state index contributed by atoms with van der Waals surface area (Å²) in [6.45, 7) is 4.52. The average molecular weight is 237 g/mol. The summed E-state index contributed by atoms with van der Waals surface area (Å²) in [5, 5.41) is 4.14. The molecular formula is C14H23NS. The number of thioether (sulfide) groups is 1. The van der Waals surface area contributed by atoms with Crippen LogP contribution < -0.4 is 5.32 Å². The van der Waals surface area contributed by atoms with Gasteiger partial charge in [0.15, 0.2) is 0 Å². The molecule has 1 rings (SSSR count). The van der Waals surface area contributed by atoms with Gasteiger partial charge in [0, 0.05) is 11.8 Å². The van der Waals surface area contributed by atoms with Gasteiger partial charge in [0.2, 0.25) is 0 Å². The molecule has 1 atom stereocenters. The van der Waals surface area contributed by atoms with E-state index in [0.717, 1.165) is 5.25 Å². The van der Waals surface area contributed by atoms with Crippen molar-refractivity contribution in [3.63, 3.8) is 0 Å². The van der Waals surface area contributed by atoms with Crippen molar-refractivity contribution in [2.45, 2.75) is 38.0 Å². The van der Waals surface area contributed by atoms with Crippen LogP contribution >= 0.6 is 11.8 Å². The number of benzene rings is 1. The summed E-state index contributed by atoms with van der Waals surface area (Å²) in [6.07, 6.45) is 2.39. The van der Waals surface area contributed by atoms with E-state index in [1.807, 2.05) is 11.8 Å². The zero-order chi connectivity index (χ0) is 11.8. The lowest BCUT2D eigenvalue weighted by Crippen LogP contribution is -2.28. The lowest BCUT2D eigenvalue weighted by Gasteiger charge is -2.17. The molecule has 1 unspecified atom stereocenters. The Balaban J connectivity index is 2.28. The maximum absolute atomic E-state index is 3.41. The van der Waals surface area contributed by atoms with Gasteiger partial charge in [-0.1, -0.05) is 44.2 Å². The summed E-state index contributed by atoms with van der Waals surface area (Å²) in [5.41, 5.74) is 1.44. The normalized spacial score (nSPS) is 13.0. The van der Waals surface area contributed by atoms with Crippen LogP contribution in [-0.4, -0.2) is 24.1 Å². The fourth-order valence-electron chi connectivity index (χ4n) is 1.61. The van der Waals surface area contributed by atoms with E-state index in [-0.39, 0.29) is 0 Å². The summed E-state index contributed by atoms with van der Waals surface area (Å²) in [5.74, 6) is 1.21. The molecule has 0 aromatic heterocycles. The SMILES string of the molecule is CNC(CCc1ccccc1)CSC(C)C. The maximum Gasteiger partial charge on any atom is 0.0158 e. The molecule has 0 aliphatic rings. The lowest BCUT2D eigenvalue weighted by molar-refractivity contribution is 0.572. The van der Waals surface area contributed by atoms with Gasteiger partial charge in [-0.05, 0) is 30.7 Å². The molecule has 0 aliphatic heterocycles. The summed E-state index contributed by atoms with van der Waals surface area (Å²) < 4.78 is 0. The molecule has 0 spiro atoms. The molecule has 0 aliphatic carbocycles. The topological polar surface area (TPSA) is 12.0 Å². The molecule has 0 heterocycles. The van der Waals surface area contributed by atoms with Gasteiger partial charge in [-0.3, -0.25) is 0 Å². The van der Waals surface area contributed by atoms with E-state index >= 15 is 0 Å². The molecule has 1 aromatic rings. The minimum Gasteiger partial charge on any atom is -0.316 e. The highest BCUT2D eigenvalue weighted by Crippen LogP contribution is 2.13. The smallest absolute Gasteiger partial charge is 0.0158 e. The van der Waals surface area contributed by atoms with Crippen LogP contribution in [0.25, 0.3) is 0 Å². The second kappa shape index (κ2) is 7.75. The Morgan fingerprint density at radius 3 is 2.44 bits per heavy atom. The molecule has 1 aromatic carbocycles. The molecule has 90 valence electrons. The fourth-order valence-corrected chi connectivity index (χ4v) is 2.56. The second-order valence-electron chi connectivity index (χ2n) is 4.39. The molecule has 0 bridgehead atoms. The largest absolute Gasteiger partial charge is 0.316 e. The fraction of sp³-hybridized carbons (Fsp3) is 0.571. The van der Waals surface area contributed by atoms with Crippen molar-refractivity contribution < 1.29 is 0 Å². The molecule has 16 heavy (non-hydrogen) atoms. The Bertz CT molecular complexity index is 271. The Kier molecular flexibility index (Phi) is 6.58. The van der Waals surface area contributed by atoms with E-state index in [1.54, 1.807) is 0 Å². The zero-order valence-corrected chi connectivity index (χ0v) is 11.4. The van der Waals surface area contributed by atoms with Gasteiger partial charge in [-0.25, -0.2) is 0 Å². The number of hydrogen-bond donors (Lipinski definition) is 1. The van der Waals surface area contributed by atoms with Crippen LogP contribution in [-0.2, 0) is 6.42 Å². The molecule has 0 saturated carbocycles. The van der Waals surface area contributed by atoms with E-state index in [0.29, 0.717) is 6.04 Å². The minimum absolute atomic E-state index is 0.632. The second-order valence-corrected chi connectivity index (χ2v) is 6.00. The van der Waals surface area contributed by atoms with Gasteiger partial charge in [-0.15, -0.1) is 0 Å². The first-order chi connectivity index (χ1) is 7.72. The van der Waals surface area contributed by atoms with E-state index in [1.165, 1.54) is 24.2 Å². The standard InChI is InChI=1S/C14H23NS/c1-12(2)16-11-14(15-3)10-9-13-7-5-4-6-8-13/h4-8,12,14-15H,9-11H2,1-3H3. The maximum atomic E-state index is 3.41. The Hall–Kier alpha value is -0.470. The molecule has 0 amide bonds. The molecular weight excluding hydrogens is 214 g/mol. The van der Waals surface area contributed by atoms with Crippen molar-refractivity contribution in [3.8, 4) is 0 Å². The van der Waals surface area contributed by atoms with Gasteiger partial charge >= 0.3 is 0 Å². The van der Waals surface area contributed by atoms with Gasteiger partial charge in [-0.2, -0.15) is 11.8 Å². The van der Waals surface area contributed by atoms with Crippen molar-refractivity contribution in [1.29, 1.82) is 0 Å². The van der Waals surface area contributed by atoms with Crippen LogP contribution in [0.1, 0.15) is 25.8 Å². The van der Waals surface area contributed by atoms with Gasteiger partial charge in [0.05, 0.1) is 0 Å². The van der Waals surface area contributed by atoms with Crippen molar-refractivity contribution in [2.24, 2.45) is 0 Å². The van der Waals surface area contributed by atoms with E-state index in [9.17, 15) is 0 Å². The van der Waals surface area contributed by atoms with Crippen molar-refractivity contribution >= 4 is 11.8 Å². The van der Waals surface area contributed by atoms with Crippen molar-refractivity contribution in [3.05, 3.63) is 35.9 Å².